The lowest BCUT2D eigenvalue weighted by atomic mass is 10.1. The zero-order chi connectivity index (χ0) is 19.5. The summed E-state index contributed by atoms with van der Waals surface area (Å²) in [6.45, 7) is 1.98. The Balaban J connectivity index is 2.23. The maximum absolute atomic E-state index is 14.1. The van der Waals surface area contributed by atoms with Gasteiger partial charge in [-0.05, 0) is 30.5 Å². The Hall–Kier alpha value is -2.25. The van der Waals surface area contributed by atoms with Crippen LogP contribution in [0.2, 0.25) is 0 Å². The standard InChI is InChI=1S/C18H15F7O/c1-2-3-4-11-5-7-12(8-6-11)18(24,25)26-13-9-14(19)16(15(20)10-13)17(21,22)23/h5-10H,2-4H2,1H3. The van der Waals surface area contributed by atoms with Crippen LogP contribution in [0.25, 0.3) is 0 Å². The van der Waals surface area contributed by atoms with Gasteiger partial charge in [0.05, 0.1) is 5.56 Å². The van der Waals surface area contributed by atoms with Crippen LogP contribution in [0.3, 0.4) is 0 Å². The van der Waals surface area contributed by atoms with E-state index >= 15 is 0 Å². The van der Waals surface area contributed by atoms with Crippen molar-refractivity contribution in [2.24, 2.45) is 0 Å². The topological polar surface area (TPSA) is 9.23 Å². The summed E-state index contributed by atoms with van der Waals surface area (Å²) in [6, 6.07) is 5.29. The van der Waals surface area contributed by atoms with E-state index < -0.39 is 40.8 Å². The number of alkyl halides is 5. The lowest BCUT2D eigenvalue weighted by Crippen LogP contribution is -2.22. The van der Waals surface area contributed by atoms with Gasteiger partial charge >= 0.3 is 12.3 Å². The molecule has 0 aliphatic heterocycles. The first-order valence-electron chi connectivity index (χ1n) is 7.77. The van der Waals surface area contributed by atoms with Crippen molar-refractivity contribution in [1.29, 1.82) is 0 Å². The number of benzene rings is 2. The van der Waals surface area contributed by atoms with Crippen LogP contribution in [0.15, 0.2) is 36.4 Å². The molecule has 0 radical (unpaired) electrons. The van der Waals surface area contributed by atoms with E-state index in [9.17, 15) is 30.7 Å². The van der Waals surface area contributed by atoms with Crippen molar-refractivity contribution >= 4 is 0 Å². The summed E-state index contributed by atoms with van der Waals surface area (Å²) in [4.78, 5) is 0. The lowest BCUT2D eigenvalue weighted by molar-refractivity contribution is -0.185. The quantitative estimate of drug-likeness (QED) is 0.523. The minimum absolute atomic E-state index is 0.0788. The van der Waals surface area contributed by atoms with Crippen LogP contribution >= 0.6 is 0 Å². The van der Waals surface area contributed by atoms with Gasteiger partial charge in [0.2, 0.25) is 0 Å². The van der Waals surface area contributed by atoms with Crippen molar-refractivity contribution in [3.05, 3.63) is 64.7 Å². The molecule has 0 amide bonds. The van der Waals surface area contributed by atoms with Gasteiger partial charge in [0.25, 0.3) is 0 Å². The highest BCUT2D eigenvalue weighted by atomic mass is 19.4. The van der Waals surface area contributed by atoms with Gasteiger partial charge < -0.3 is 4.74 Å². The fraction of sp³-hybridized carbons (Fsp3) is 0.333. The molecule has 0 bridgehead atoms. The largest absolute Gasteiger partial charge is 0.429 e. The van der Waals surface area contributed by atoms with Crippen LogP contribution in [0, 0.1) is 11.6 Å². The highest BCUT2D eigenvalue weighted by molar-refractivity contribution is 5.33. The molecule has 142 valence electrons. The molecule has 0 aliphatic rings. The molecule has 1 nitrogen and oxygen atoms in total. The van der Waals surface area contributed by atoms with Gasteiger partial charge in [0, 0.05) is 12.1 Å². The van der Waals surface area contributed by atoms with Gasteiger partial charge in [-0.15, -0.1) is 0 Å². The Kier molecular flexibility index (Phi) is 5.83. The number of halogens is 7. The SMILES string of the molecule is CCCCc1ccc(C(F)(F)Oc2cc(F)c(C(F)(F)F)c(F)c2)cc1. The highest BCUT2D eigenvalue weighted by Gasteiger charge is 2.40. The van der Waals surface area contributed by atoms with Gasteiger partial charge in [-0.3, -0.25) is 0 Å². The summed E-state index contributed by atoms with van der Waals surface area (Å²) in [6.07, 6.45) is -6.73. The summed E-state index contributed by atoms with van der Waals surface area (Å²) in [5.74, 6) is -5.11. The third-order valence-corrected chi connectivity index (χ3v) is 3.65. The molecule has 2 aromatic rings. The Bertz CT molecular complexity index is 728. The van der Waals surface area contributed by atoms with Crippen LogP contribution in [0.1, 0.15) is 36.5 Å². The zero-order valence-electron chi connectivity index (χ0n) is 13.6. The van der Waals surface area contributed by atoms with E-state index in [0.717, 1.165) is 30.5 Å². The fourth-order valence-electron chi connectivity index (χ4n) is 2.33. The molecular weight excluding hydrogens is 365 g/mol. The predicted octanol–water partition coefficient (Wildman–Crippen LogP) is 6.45. The predicted molar refractivity (Wildman–Crippen MR) is 80.9 cm³/mol. The molecule has 2 aromatic carbocycles. The summed E-state index contributed by atoms with van der Waals surface area (Å²) in [5.41, 5.74) is -1.91. The average molecular weight is 380 g/mol. The second-order valence-electron chi connectivity index (χ2n) is 5.68. The molecular formula is C18H15F7O. The van der Waals surface area contributed by atoms with Crippen molar-refractivity contribution in [1.82, 2.24) is 0 Å². The second kappa shape index (κ2) is 7.55. The average Bonchev–Trinajstić information content (AvgIpc) is 2.50. The summed E-state index contributed by atoms with van der Waals surface area (Å²) >= 11 is 0. The molecule has 8 heteroatoms. The number of hydrogen-bond acceptors (Lipinski definition) is 1. The summed E-state index contributed by atoms with van der Waals surface area (Å²) in [5, 5.41) is 0. The first kappa shape index (κ1) is 20.1. The number of rotatable bonds is 6. The normalized spacial score (nSPS) is 12.3. The van der Waals surface area contributed by atoms with Crippen molar-refractivity contribution in [2.75, 3.05) is 0 Å². The lowest BCUT2D eigenvalue weighted by Gasteiger charge is -2.19. The molecule has 0 aliphatic carbocycles. The maximum Gasteiger partial charge on any atom is 0.426 e. The molecule has 0 unspecified atom stereocenters. The first-order chi connectivity index (χ1) is 12.0. The van der Waals surface area contributed by atoms with Crippen LogP contribution in [-0.2, 0) is 18.7 Å². The first-order valence-corrected chi connectivity index (χ1v) is 7.77. The third kappa shape index (κ3) is 4.68. The highest BCUT2D eigenvalue weighted by Crippen LogP contribution is 2.38. The Morgan fingerprint density at radius 3 is 1.88 bits per heavy atom. The van der Waals surface area contributed by atoms with Gasteiger partial charge in [-0.2, -0.15) is 22.0 Å². The molecule has 0 N–H and O–H groups in total. The molecule has 26 heavy (non-hydrogen) atoms. The van der Waals surface area contributed by atoms with E-state index in [1.54, 1.807) is 0 Å². The molecule has 2 rings (SSSR count). The number of unbranched alkanes of at least 4 members (excludes halogenated alkanes) is 1. The van der Waals surface area contributed by atoms with E-state index in [1.807, 2.05) is 6.92 Å². The van der Waals surface area contributed by atoms with Crippen LogP contribution in [-0.4, -0.2) is 0 Å². The Labute approximate surface area is 145 Å². The molecule has 0 fully saturated rings. The van der Waals surface area contributed by atoms with E-state index in [4.69, 9.17) is 0 Å². The summed E-state index contributed by atoms with van der Waals surface area (Å²) < 4.78 is 97.0. The zero-order valence-corrected chi connectivity index (χ0v) is 13.6. The molecule has 0 saturated heterocycles. The molecule has 0 spiro atoms. The second-order valence-corrected chi connectivity index (χ2v) is 5.68. The number of hydrogen-bond donors (Lipinski definition) is 0. The minimum Gasteiger partial charge on any atom is -0.429 e. The number of ether oxygens (including phenoxy) is 1. The van der Waals surface area contributed by atoms with Crippen LogP contribution in [0.5, 0.6) is 5.75 Å². The van der Waals surface area contributed by atoms with E-state index in [0.29, 0.717) is 6.42 Å². The fourth-order valence-corrected chi connectivity index (χ4v) is 2.33. The molecule has 0 atom stereocenters. The van der Waals surface area contributed by atoms with Crippen LogP contribution < -0.4 is 4.74 Å². The van der Waals surface area contributed by atoms with Gasteiger partial charge in [0.15, 0.2) is 0 Å². The van der Waals surface area contributed by atoms with E-state index in [2.05, 4.69) is 4.74 Å². The van der Waals surface area contributed by atoms with Gasteiger partial charge in [-0.25, -0.2) is 8.78 Å². The van der Waals surface area contributed by atoms with Crippen molar-refractivity contribution < 1.29 is 35.5 Å². The number of aryl methyl sites for hydroxylation is 1. The minimum atomic E-state index is -5.29. The monoisotopic (exact) mass is 380 g/mol. The van der Waals surface area contributed by atoms with Crippen LogP contribution in [0.4, 0.5) is 30.7 Å². The van der Waals surface area contributed by atoms with Gasteiger partial charge in [-0.1, -0.05) is 25.5 Å². The summed E-state index contributed by atoms with van der Waals surface area (Å²) in [7, 11) is 0. The van der Waals surface area contributed by atoms with E-state index in [-0.39, 0.29) is 12.1 Å². The molecule has 0 aromatic heterocycles. The van der Waals surface area contributed by atoms with Crippen molar-refractivity contribution in [3.63, 3.8) is 0 Å². The molecule has 0 heterocycles. The van der Waals surface area contributed by atoms with Crippen molar-refractivity contribution in [3.8, 4) is 5.75 Å². The Morgan fingerprint density at radius 1 is 0.885 bits per heavy atom. The Morgan fingerprint density at radius 2 is 1.42 bits per heavy atom. The molecule has 0 saturated carbocycles. The van der Waals surface area contributed by atoms with Crippen molar-refractivity contribution in [2.45, 2.75) is 38.5 Å². The van der Waals surface area contributed by atoms with Gasteiger partial charge in [0.1, 0.15) is 22.9 Å². The van der Waals surface area contributed by atoms with E-state index in [1.165, 1.54) is 12.1 Å². The smallest absolute Gasteiger partial charge is 0.426 e. The third-order valence-electron chi connectivity index (χ3n) is 3.65. The maximum atomic E-state index is 14.1.